The molecule has 0 aliphatic heterocycles. The minimum absolute atomic E-state index is 0.833. The van der Waals surface area contributed by atoms with Gasteiger partial charge in [0.2, 0.25) is 0 Å². The van der Waals surface area contributed by atoms with Crippen molar-refractivity contribution in [1.82, 2.24) is 0 Å². The normalized spacial score (nSPS) is 27.3. The first-order valence-corrected chi connectivity index (χ1v) is 5.37. The molecule has 0 aromatic rings. The summed E-state index contributed by atoms with van der Waals surface area (Å²) in [4.78, 5) is 9.25. The van der Waals surface area contributed by atoms with E-state index in [1.54, 1.807) is 0 Å². The van der Waals surface area contributed by atoms with Gasteiger partial charge in [0.25, 0.3) is 5.67 Å². The standard InChI is InChI=1S/C7H3F11O.C3H4O2/c8-2(1-19)3(9,10)5(13,14)7(17,18)6(15,16)4(2,11)12;1-2-3(4)5/h19H,1H2;2H,1H2,(H,4,5). The monoisotopic (exact) mass is 384 g/mol. The molecule has 3 nitrogen and oxygen atoms in total. The van der Waals surface area contributed by atoms with Crippen molar-refractivity contribution in [3.8, 4) is 0 Å². The summed E-state index contributed by atoms with van der Waals surface area (Å²) in [7, 11) is 0. The quantitative estimate of drug-likeness (QED) is 0.568. The Labute approximate surface area is 125 Å². The van der Waals surface area contributed by atoms with Crippen LogP contribution in [0.15, 0.2) is 12.7 Å². The molecule has 0 radical (unpaired) electrons. The number of halogens is 11. The molecule has 0 amide bonds. The third-order valence-electron chi connectivity index (χ3n) is 2.97. The van der Waals surface area contributed by atoms with Crippen LogP contribution in [0.2, 0.25) is 0 Å². The van der Waals surface area contributed by atoms with E-state index in [1.165, 1.54) is 0 Å². The number of rotatable bonds is 2. The summed E-state index contributed by atoms with van der Waals surface area (Å²) in [6, 6.07) is 0. The molecule has 1 aliphatic carbocycles. The highest BCUT2D eigenvalue weighted by atomic mass is 19.4. The van der Waals surface area contributed by atoms with E-state index in [0.717, 1.165) is 6.08 Å². The van der Waals surface area contributed by atoms with E-state index in [1.807, 2.05) is 0 Å². The second-order valence-electron chi connectivity index (χ2n) is 4.37. The molecular formula is C10H7F11O3. The van der Waals surface area contributed by atoms with Crippen molar-refractivity contribution < 1.29 is 63.3 Å². The molecule has 1 saturated carbocycles. The average Bonchev–Trinajstić information content (AvgIpc) is 2.44. The Morgan fingerprint density at radius 3 is 1.12 bits per heavy atom. The molecule has 0 aromatic heterocycles. The smallest absolute Gasteiger partial charge is 0.384 e. The lowest BCUT2D eigenvalue weighted by Gasteiger charge is -2.51. The SMILES string of the molecule is C=CC(=O)O.OCC1(F)C(F)(F)C(F)(F)C(F)(F)C(F)(F)C1(F)F. The number of carboxylic acid groups (broad SMARTS) is 1. The van der Waals surface area contributed by atoms with Crippen LogP contribution in [0.25, 0.3) is 0 Å². The Balaban J connectivity index is 0.000000922. The highest BCUT2D eigenvalue weighted by Crippen LogP contribution is 2.69. The highest BCUT2D eigenvalue weighted by molar-refractivity contribution is 5.78. The number of aliphatic hydroxyl groups excluding tert-OH is 1. The van der Waals surface area contributed by atoms with Crippen LogP contribution in [-0.4, -0.2) is 58.1 Å². The molecule has 0 atom stereocenters. The molecule has 14 heteroatoms. The van der Waals surface area contributed by atoms with Crippen LogP contribution in [0.3, 0.4) is 0 Å². The van der Waals surface area contributed by atoms with Crippen molar-refractivity contribution >= 4 is 5.97 Å². The maximum Gasteiger partial charge on any atom is 0.384 e. The number of carbonyl (C=O) groups is 1. The van der Waals surface area contributed by atoms with Crippen molar-refractivity contribution in [2.75, 3.05) is 6.61 Å². The summed E-state index contributed by atoms with van der Waals surface area (Å²) in [5.74, 6) is -36.3. The Morgan fingerprint density at radius 1 is 0.750 bits per heavy atom. The van der Waals surface area contributed by atoms with Crippen molar-refractivity contribution in [2.24, 2.45) is 0 Å². The summed E-state index contributed by atoms with van der Waals surface area (Å²) in [6.45, 7) is -0.253. The van der Waals surface area contributed by atoms with Crippen LogP contribution in [-0.2, 0) is 4.79 Å². The van der Waals surface area contributed by atoms with E-state index < -0.39 is 47.9 Å². The molecule has 24 heavy (non-hydrogen) atoms. The van der Waals surface area contributed by atoms with E-state index in [9.17, 15) is 53.1 Å². The highest BCUT2D eigenvalue weighted by Gasteiger charge is 3.00. The van der Waals surface area contributed by atoms with Gasteiger partial charge in [-0.3, -0.25) is 0 Å². The van der Waals surface area contributed by atoms with E-state index in [4.69, 9.17) is 10.2 Å². The van der Waals surface area contributed by atoms with E-state index in [0.29, 0.717) is 0 Å². The fourth-order valence-corrected chi connectivity index (χ4v) is 1.48. The minimum atomic E-state index is -7.22. The van der Waals surface area contributed by atoms with Gasteiger partial charge in [-0.05, 0) is 0 Å². The fourth-order valence-electron chi connectivity index (χ4n) is 1.48. The Bertz CT molecular complexity index is 484. The summed E-state index contributed by atoms with van der Waals surface area (Å²) in [5, 5.41) is 15.6. The van der Waals surface area contributed by atoms with Crippen LogP contribution in [0.1, 0.15) is 0 Å². The first-order valence-electron chi connectivity index (χ1n) is 5.37. The van der Waals surface area contributed by atoms with Crippen molar-refractivity contribution in [2.45, 2.75) is 35.3 Å². The number of aliphatic carboxylic acids is 1. The third kappa shape index (κ3) is 2.33. The van der Waals surface area contributed by atoms with Gasteiger partial charge in [-0.1, -0.05) is 6.58 Å². The number of aliphatic hydroxyl groups is 1. The minimum Gasteiger partial charge on any atom is -0.478 e. The number of hydrogen-bond donors (Lipinski definition) is 2. The third-order valence-corrected chi connectivity index (χ3v) is 2.97. The van der Waals surface area contributed by atoms with Gasteiger partial charge >= 0.3 is 35.6 Å². The molecule has 0 unspecified atom stereocenters. The molecule has 0 bridgehead atoms. The van der Waals surface area contributed by atoms with Gasteiger partial charge in [0.15, 0.2) is 0 Å². The molecule has 0 spiro atoms. The summed E-state index contributed by atoms with van der Waals surface area (Å²) in [5.41, 5.74) is -6.26. The van der Waals surface area contributed by atoms with Crippen molar-refractivity contribution in [1.29, 1.82) is 0 Å². The molecule has 1 rings (SSSR count). The number of hydrogen-bond acceptors (Lipinski definition) is 2. The topological polar surface area (TPSA) is 57.5 Å². The molecule has 0 aromatic carbocycles. The van der Waals surface area contributed by atoms with Gasteiger partial charge in [0.05, 0.1) is 6.61 Å². The fraction of sp³-hybridized carbons (Fsp3) is 0.700. The first kappa shape index (κ1) is 22.4. The summed E-state index contributed by atoms with van der Waals surface area (Å²) < 4.78 is 140. The van der Waals surface area contributed by atoms with E-state index in [2.05, 4.69) is 6.58 Å². The summed E-state index contributed by atoms with van der Waals surface area (Å²) in [6.07, 6.45) is 0.833. The van der Waals surface area contributed by atoms with Gasteiger partial charge in [-0.2, -0.15) is 43.9 Å². The molecule has 0 saturated heterocycles. The van der Waals surface area contributed by atoms with E-state index in [-0.39, 0.29) is 0 Å². The van der Waals surface area contributed by atoms with Crippen LogP contribution in [0, 0.1) is 0 Å². The molecular weight excluding hydrogens is 377 g/mol. The van der Waals surface area contributed by atoms with Crippen LogP contribution >= 0.6 is 0 Å². The van der Waals surface area contributed by atoms with E-state index >= 15 is 0 Å². The summed E-state index contributed by atoms with van der Waals surface area (Å²) >= 11 is 0. The average molecular weight is 384 g/mol. The van der Waals surface area contributed by atoms with Crippen molar-refractivity contribution in [3.05, 3.63) is 12.7 Å². The Hall–Kier alpha value is -1.60. The first-order chi connectivity index (χ1) is 10.3. The molecule has 1 aliphatic rings. The zero-order valence-corrected chi connectivity index (χ0v) is 11.0. The van der Waals surface area contributed by atoms with Crippen LogP contribution < -0.4 is 0 Å². The molecule has 142 valence electrons. The largest absolute Gasteiger partial charge is 0.478 e. The molecule has 1 fully saturated rings. The van der Waals surface area contributed by atoms with Crippen LogP contribution in [0.4, 0.5) is 48.3 Å². The number of alkyl halides is 11. The lowest BCUT2D eigenvalue weighted by atomic mass is 9.72. The second-order valence-corrected chi connectivity index (χ2v) is 4.37. The maximum absolute atomic E-state index is 13.1. The van der Waals surface area contributed by atoms with Gasteiger partial charge in [-0.25, -0.2) is 9.18 Å². The zero-order chi connectivity index (χ0) is 20.0. The second kappa shape index (κ2) is 5.74. The Kier molecular flexibility index (Phi) is 5.35. The Morgan fingerprint density at radius 2 is 0.958 bits per heavy atom. The van der Waals surface area contributed by atoms with Crippen molar-refractivity contribution in [3.63, 3.8) is 0 Å². The predicted molar refractivity (Wildman–Crippen MR) is 53.5 cm³/mol. The van der Waals surface area contributed by atoms with Crippen LogP contribution in [0.5, 0.6) is 0 Å². The van der Waals surface area contributed by atoms with Gasteiger partial charge < -0.3 is 10.2 Å². The lowest BCUT2D eigenvalue weighted by molar-refractivity contribution is -0.487. The van der Waals surface area contributed by atoms with Gasteiger partial charge in [-0.15, -0.1) is 0 Å². The molecule has 0 heterocycles. The predicted octanol–water partition coefficient (Wildman–Crippen LogP) is 3.13. The lowest BCUT2D eigenvalue weighted by Crippen LogP contribution is -2.84. The maximum atomic E-state index is 13.1. The molecule has 2 N–H and O–H groups in total. The van der Waals surface area contributed by atoms with Gasteiger partial charge in [0.1, 0.15) is 0 Å². The van der Waals surface area contributed by atoms with Gasteiger partial charge in [0, 0.05) is 6.08 Å². The number of carboxylic acids is 1. The zero-order valence-electron chi connectivity index (χ0n) is 11.0.